The van der Waals surface area contributed by atoms with E-state index in [2.05, 4.69) is 4.57 Å². The van der Waals surface area contributed by atoms with E-state index in [9.17, 15) is 23.6 Å². The molecule has 0 aliphatic heterocycles. The fourth-order valence-corrected chi connectivity index (χ4v) is 4.62. The molecule has 2 heterocycles. The van der Waals surface area contributed by atoms with E-state index in [1.54, 1.807) is 49.1 Å². The van der Waals surface area contributed by atoms with Crippen LogP contribution in [0.25, 0.3) is 10.9 Å². The van der Waals surface area contributed by atoms with Crippen LogP contribution in [0, 0.1) is 11.7 Å². The second-order valence-corrected chi connectivity index (χ2v) is 11.0. The van der Waals surface area contributed by atoms with Crippen LogP contribution in [0.5, 0.6) is 0 Å². The van der Waals surface area contributed by atoms with Crippen LogP contribution < -0.4 is 5.56 Å². The monoisotopic (exact) mass is 564 g/mol. The predicted molar refractivity (Wildman–Crippen MR) is 154 cm³/mol. The molecular weight excluding hydrogens is 527 g/mol. The second kappa shape index (κ2) is 13.0. The molecule has 41 heavy (non-hydrogen) atoms. The van der Waals surface area contributed by atoms with Crippen LogP contribution in [0.4, 0.5) is 9.18 Å². The minimum atomic E-state index is -1.08. The van der Waals surface area contributed by atoms with E-state index in [-0.39, 0.29) is 42.2 Å². The van der Waals surface area contributed by atoms with Crippen LogP contribution in [0.15, 0.2) is 59.5 Å². The van der Waals surface area contributed by atoms with Gasteiger partial charge in [-0.1, -0.05) is 12.1 Å². The minimum absolute atomic E-state index is 0.175. The molecule has 0 bridgehead atoms. The maximum Gasteiger partial charge on any atom is 0.409 e. The van der Waals surface area contributed by atoms with Crippen LogP contribution in [0.2, 0.25) is 0 Å². The van der Waals surface area contributed by atoms with Crippen molar-refractivity contribution < 1.29 is 23.5 Å². The van der Waals surface area contributed by atoms with E-state index in [0.29, 0.717) is 12.3 Å². The number of benzene rings is 1. The number of allylic oxidation sites excluding steroid dienone is 1. The van der Waals surface area contributed by atoms with Crippen LogP contribution in [0.3, 0.4) is 0 Å². The molecular formula is C31H37FN4O5. The number of pyridine rings is 1. The van der Waals surface area contributed by atoms with Gasteiger partial charge < -0.3 is 23.7 Å². The third kappa shape index (κ3) is 7.71. The first-order valence-corrected chi connectivity index (χ1v) is 13.8. The average molecular weight is 565 g/mol. The predicted octanol–water partition coefficient (Wildman–Crippen LogP) is 4.00. The third-order valence-electron chi connectivity index (χ3n) is 7.15. The Balaban J connectivity index is 1.53. The molecule has 0 radical (unpaired) electrons. The van der Waals surface area contributed by atoms with Gasteiger partial charge in [-0.3, -0.25) is 14.4 Å². The van der Waals surface area contributed by atoms with E-state index in [1.165, 1.54) is 42.1 Å². The molecule has 3 aromatic rings. The van der Waals surface area contributed by atoms with E-state index >= 15 is 0 Å². The Morgan fingerprint density at radius 2 is 1.85 bits per heavy atom. The summed E-state index contributed by atoms with van der Waals surface area (Å²) in [5.74, 6) is -0.327. The molecule has 4 rings (SSSR count). The van der Waals surface area contributed by atoms with Gasteiger partial charge >= 0.3 is 6.09 Å². The molecule has 1 fully saturated rings. The summed E-state index contributed by atoms with van der Waals surface area (Å²) in [6, 6.07) is 9.95. The van der Waals surface area contributed by atoms with Crippen LogP contribution in [-0.4, -0.2) is 71.0 Å². The zero-order valence-corrected chi connectivity index (χ0v) is 24.0. The quantitative estimate of drug-likeness (QED) is 0.310. The summed E-state index contributed by atoms with van der Waals surface area (Å²) in [6.07, 6.45) is 5.58. The molecule has 0 saturated heterocycles. The first-order chi connectivity index (χ1) is 19.5. The first kappa shape index (κ1) is 29.8. The number of nitrogens with zero attached hydrogens (tertiary/aromatic N) is 4. The number of fused-ring (bicyclic) bond motifs is 1. The Hall–Kier alpha value is -4.21. The summed E-state index contributed by atoms with van der Waals surface area (Å²) in [4.78, 5) is 53.4. The Morgan fingerprint density at radius 3 is 2.54 bits per heavy atom. The molecule has 0 spiro atoms. The number of Topliss-reactive ketones (excluding diaryl/α,β-unsaturated/α-hetero) is 1. The second-order valence-electron chi connectivity index (χ2n) is 11.0. The Bertz CT molecular complexity index is 1520. The van der Waals surface area contributed by atoms with Gasteiger partial charge in [0, 0.05) is 69.5 Å². The number of amides is 2. The number of halogens is 1. The third-order valence-corrected chi connectivity index (χ3v) is 7.15. The van der Waals surface area contributed by atoms with Gasteiger partial charge in [0.05, 0.1) is 6.54 Å². The lowest BCUT2D eigenvalue weighted by molar-refractivity contribution is -0.127. The van der Waals surface area contributed by atoms with Crippen LogP contribution in [0.1, 0.15) is 36.9 Å². The van der Waals surface area contributed by atoms with Crippen molar-refractivity contribution in [2.75, 3.05) is 28.2 Å². The highest BCUT2D eigenvalue weighted by Gasteiger charge is 2.26. The number of carbonyl (C=O) groups is 3. The summed E-state index contributed by atoms with van der Waals surface area (Å²) < 4.78 is 23.1. The summed E-state index contributed by atoms with van der Waals surface area (Å²) in [6.45, 7) is 1.08. The SMILES string of the molecule is CN(C)C(=O)/C=C/CC[C@H](OC(=O)N(C)C)C(=O)Cc1cccn(Cc2cc3cc(F)ccc3n2CC2CC2)c1=O. The number of ether oxygens (including phenoxy) is 1. The van der Waals surface area contributed by atoms with Crippen molar-refractivity contribution in [1.29, 1.82) is 0 Å². The molecule has 1 aromatic carbocycles. The molecule has 0 N–H and O–H groups in total. The van der Waals surface area contributed by atoms with Gasteiger partial charge in [-0.2, -0.15) is 0 Å². The zero-order valence-electron chi connectivity index (χ0n) is 24.0. The maximum atomic E-state index is 13.9. The maximum absolute atomic E-state index is 13.9. The molecule has 2 aromatic heterocycles. The van der Waals surface area contributed by atoms with Crippen molar-refractivity contribution in [3.63, 3.8) is 0 Å². The molecule has 218 valence electrons. The van der Waals surface area contributed by atoms with Gasteiger partial charge in [-0.05, 0) is 68.0 Å². The highest BCUT2D eigenvalue weighted by atomic mass is 19.1. The molecule has 9 nitrogen and oxygen atoms in total. The van der Waals surface area contributed by atoms with Crippen LogP contribution >= 0.6 is 0 Å². The van der Waals surface area contributed by atoms with Gasteiger partial charge in [-0.25, -0.2) is 9.18 Å². The van der Waals surface area contributed by atoms with Crippen molar-refractivity contribution in [2.45, 2.75) is 51.3 Å². The normalized spacial score (nSPS) is 13.9. The zero-order chi connectivity index (χ0) is 29.7. The lowest BCUT2D eigenvalue weighted by atomic mass is 10.0. The highest BCUT2D eigenvalue weighted by Crippen LogP contribution is 2.33. The number of hydrogen-bond acceptors (Lipinski definition) is 5. The summed E-state index contributed by atoms with van der Waals surface area (Å²) in [5.41, 5.74) is 1.79. The number of rotatable bonds is 12. The summed E-state index contributed by atoms with van der Waals surface area (Å²) in [7, 11) is 6.31. The van der Waals surface area contributed by atoms with Crippen molar-refractivity contribution >= 4 is 28.7 Å². The lowest BCUT2D eigenvalue weighted by Gasteiger charge is -2.19. The number of likely N-dealkylation sites (N-methyl/N-ethyl adjacent to an activating group) is 1. The minimum Gasteiger partial charge on any atom is -0.438 e. The van der Waals surface area contributed by atoms with E-state index in [1.807, 2.05) is 6.07 Å². The van der Waals surface area contributed by atoms with Crippen molar-refractivity contribution in [3.8, 4) is 0 Å². The number of hydrogen-bond donors (Lipinski definition) is 0. The van der Waals surface area contributed by atoms with Crippen LogP contribution in [-0.2, 0) is 33.8 Å². The Kier molecular flexibility index (Phi) is 9.42. The molecule has 1 saturated carbocycles. The fraction of sp³-hybridized carbons (Fsp3) is 0.419. The van der Waals surface area contributed by atoms with Gasteiger partial charge in [0.1, 0.15) is 5.82 Å². The largest absolute Gasteiger partial charge is 0.438 e. The Morgan fingerprint density at radius 1 is 1.10 bits per heavy atom. The molecule has 0 unspecified atom stereocenters. The summed E-state index contributed by atoms with van der Waals surface area (Å²) in [5, 5.41) is 0.784. The first-order valence-electron chi connectivity index (χ1n) is 13.8. The highest BCUT2D eigenvalue weighted by molar-refractivity contribution is 5.88. The number of ketones is 1. The van der Waals surface area contributed by atoms with E-state index in [0.717, 1.165) is 36.0 Å². The van der Waals surface area contributed by atoms with E-state index < -0.39 is 18.0 Å². The van der Waals surface area contributed by atoms with Gasteiger partial charge in [0.2, 0.25) is 5.91 Å². The standard InChI is InChI=1S/C31H37FN4O5/c1-33(2)29(38)10-6-5-9-28(41-31(40)34(3)4)27(37)18-22-8-7-15-35(30(22)39)20-25-17-23-16-24(32)13-14-26(23)36(25)19-21-11-12-21/h6-8,10,13-17,21,28H,5,9,11-12,18-20H2,1-4H3/b10-6+/t28-/m0/s1. The number of aromatic nitrogens is 2. The topological polar surface area (TPSA) is 93.8 Å². The van der Waals surface area contributed by atoms with Crippen molar-refractivity contribution in [2.24, 2.45) is 5.92 Å². The smallest absolute Gasteiger partial charge is 0.409 e. The van der Waals surface area contributed by atoms with Crippen molar-refractivity contribution in [3.05, 3.63) is 82.2 Å². The molecule has 1 aliphatic rings. The van der Waals surface area contributed by atoms with E-state index in [4.69, 9.17) is 4.74 Å². The van der Waals surface area contributed by atoms with Gasteiger partial charge in [0.15, 0.2) is 11.9 Å². The van der Waals surface area contributed by atoms with Gasteiger partial charge in [0.25, 0.3) is 5.56 Å². The van der Waals surface area contributed by atoms with Gasteiger partial charge in [-0.15, -0.1) is 0 Å². The molecule has 1 aliphatic carbocycles. The average Bonchev–Trinajstić information content (AvgIpc) is 3.68. The van der Waals surface area contributed by atoms with Crippen molar-refractivity contribution in [1.82, 2.24) is 18.9 Å². The molecule has 1 atom stereocenters. The molecule has 2 amide bonds. The summed E-state index contributed by atoms with van der Waals surface area (Å²) >= 11 is 0. The molecule has 10 heteroatoms. The Labute approximate surface area is 238 Å². The fourth-order valence-electron chi connectivity index (χ4n) is 4.62. The number of carbonyl (C=O) groups excluding carboxylic acids is 3. The lowest BCUT2D eigenvalue weighted by Crippen LogP contribution is -2.35.